The summed E-state index contributed by atoms with van der Waals surface area (Å²) in [6.45, 7) is 9.29. The van der Waals surface area contributed by atoms with E-state index in [0.29, 0.717) is 49.2 Å². The molecule has 3 N–H and O–H groups in total. The molecule has 3 amide bonds. The van der Waals surface area contributed by atoms with Gasteiger partial charge in [0.25, 0.3) is 0 Å². The molecule has 2 heterocycles. The fourth-order valence-corrected chi connectivity index (χ4v) is 12.1. The molecular weight excluding hydrogens is 552 g/mol. The van der Waals surface area contributed by atoms with Crippen LogP contribution >= 0.6 is 0 Å². The SMILES string of the molecule is C[C@]12CC(N3CCN(C(=O)[C@@H]4CCCN4C(=O)NCC4CCCCC4)CC3)C(O)CC1CC[C@@H]1[C@H]2CC[C@]2(C)C(O)CC[C@@H]12. The summed E-state index contributed by atoms with van der Waals surface area (Å²) in [5, 5.41) is 25.5. The highest BCUT2D eigenvalue weighted by molar-refractivity contribution is 5.87. The Balaban J connectivity index is 0.953. The van der Waals surface area contributed by atoms with E-state index in [9.17, 15) is 19.8 Å². The highest BCUT2D eigenvalue weighted by atomic mass is 16.3. The number of likely N-dealkylation sites (tertiary alicyclic amines) is 1. The van der Waals surface area contributed by atoms with E-state index >= 15 is 0 Å². The topological polar surface area (TPSA) is 96.4 Å². The number of nitrogens with zero attached hydrogens (tertiary/aromatic N) is 3. The molecule has 0 aromatic carbocycles. The number of carbonyl (C=O) groups excluding carboxylic acids is 2. The van der Waals surface area contributed by atoms with Crippen LogP contribution in [0.2, 0.25) is 0 Å². The molecule has 8 nitrogen and oxygen atoms in total. The van der Waals surface area contributed by atoms with Crippen molar-refractivity contribution in [2.24, 2.45) is 40.4 Å². The van der Waals surface area contributed by atoms with Gasteiger partial charge in [-0.3, -0.25) is 9.69 Å². The molecule has 7 aliphatic rings. The lowest BCUT2D eigenvalue weighted by Gasteiger charge is -2.62. The van der Waals surface area contributed by atoms with Crippen molar-refractivity contribution in [1.82, 2.24) is 20.0 Å². The summed E-state index contributed by atoms with van der Waals surface area (Å²) in [7, 11) is 0. The quantitative estimate of drug-likeness (QED) is 0.431. The minimum Gasteiger partial charge on any atom is -0.393 e. The molecule has 2 saturated heterocycles. The molecule has 0 spiro atoms. The number of piperazine rings is 1. The second-order valence-corrected chi connectivity index (χ2v) is 16.8. The number of hydrogen-bond acceptors (Lipinski definition) is 5. The van der Waals surface area contributed by atoms with E-state index in [1.165, 1.54) is 57.8 Å². The van der Waals surface area contributed by atoms with Crippen molar-refractivity contribution in [2.45, 2.75) is 134 Å². The van der Waals surface area contributed by atoms with Gasteiger partial charge < -0.3 is 25.3 Å². The Hall–Kier alpha value is -1.38. The molecule has 10 atom stereocenters. The Morgan fingerprint density at radius 3 is 2.32 bits per heavy atom. The van der Waals surface area contributed by atoms with E-state index in [1.807, 2.05) is 4.90 Å². The Morgan fingerprint density at radius 1 is 0.795 bits per heavy atom. The summed E-state index contributed by atoms with van der Waals surface area (Å²) < 4.78 is 0. The van der Waals surface area contributed by atoms with Gasteiger partial charge in [-0.25, -0.2) is 4.79 Å². The van der Waals surface area contributed by atoms with Crippen molar-refractivity contribution < 1.29 is 19.8 Å². The van der Waals surface area contributed by atoms with Crippen LogP contribution in [0.1, 0.15) is 110 Å². The molecule has 0 radical (unpaired) electrons. The average Bonchev–Trinajstić information content (AvgIpc) is 3.65. The smallest absolute Gasteiger partial charge is 0.318 e. The Bertz CT molecular complexity index is 1060. The summed E-state index contributed by atoms with van der Waals surface area (Å²) in [5.74, 6) is 3.35. The zero-order valence-electron chi connectivity index (χ0n) is 27.6. The van der Waals surface area contributed by atoms with E-state index < -0.39 is 0 Å². The number of amides is 3. The van der Waals surface area contributed by atoms with E-state index in [1.54, 1.807) is 4.90 Å². The van der Waals surface area contributed by atoms with Gasteiger partial charge in [0, 0.05) is 45.3 Å². The van der Waals surface area contributed by atoms with Crippen LogP contribution < -0.4 is 5.32 Å². The van der Waals surface area contributed by atoms with E-state index in [2.05, 4.69) is 24.1 Å². The third-order valence-electron chi connectivity index (χ3n) is 14.8. The van der Waals surface area contributed by atoms with Gasteiger partial charge in [0.15, 0.2) is 0 Å². The predicted octanol–water partition coefficient (Wildman–Crippen LogP) is 4.63. The van der Waals surface area contributed by atoms with Gasteiger partial charge >= 0.3 is 6.03 Å². The van der Waals surface area contributed by atoms with Crippen LogP contribution in [0, 0.1) is 40.4 Å². The number of nitrogens with one attached hydrogen (secondary N) is 1. The van der Waals surface area contributed by atoms with Crippen LogP contribution in [0.4, 0.5) is 4.79 Å². The van der Waals surface area contributed by atoms with Crippen molar-refractivity contribution >= 4 is 11.9 Å². The molecule has 0 bridgehead atoms. The molecule has 5 aliphatic carbocycles. The minimum atomic E-state index is -0.335. The molecule has 7 rings (SSSR count). The summed E-state index contributed by atoms with van der Waals surface area (Å²) in [6, 6.07) is -0.236. The normalized spacial score (nSPS) is 45.0. The van der Waals surface area contributed by atoms with Crippen molar-refractivity contribution in [3.8, 4) is 0 Å². The Labute approximate surface area is 265 Å². The van der Waals surface area contributed by atoms with Gasteiger partial charge in [0.2, 0.25) is 5.91 Å². The Morgan fingerprint density at radius 2 is 1.55 bits per heavy atom. The van der Waals surface area contributed by atoms with Crippen molar-refractivity contribution in [3.05, 3.63) is 0 Å². The first-order chi connectivity index (χ1) is 21.2. The lowest BCUT2D eigenvalue weighted by atomic mass is 9.44. The monoisotopic (exact) mass is 612 g/mol. The van der Waals surface area contributed by atoms with E-state index in [-0.39, 0.29) is 47.1 Å². The number of aliphatic hydroxyl groups excluding tert-OH is 2. The van der Waals surface area contributed by atoms with Crippen LogP contribution in [-0.4, -0.2) is 100 Å². The molecular formula is C36H60N4O4. The molecule has 0 aromatic rings. The maximum Gasteiger partial charge on any atom is 0.318 e. The largest absolute Gasteiger partial charge is 0.393 e. The fraction of sp³-hybridized carbons (Fsp3) is 0.944. The van der Waals surface area contributed by atoms with E-state index in [4.69, 9.17) is 0 Å². The summed E-state index contributed by atoms with van der Waals surface area (Å²) >= 11 is 0. The van der Waals surface area contributed by atoms with Crippen molar-refractivity contribution in [3.63, 3.8) is 0 Å². The number of hydrogen-bond donors (Lipinski definition) is 3. The highest BCUT2D eigenvalue weighted by Crippen LogP contribution is 2.66. The highest BCUT2D eigenvalue weighted by Gasteiger charge is 2.61. The van der Waals surface area contributed by atoms with Crippen LogP contribution in [0.25, 0.3) is 0 Å². The summed E-state index contributed by atoms with van der Waals surface area (Å²) in [5.41, 5.74) is 0.343. The number of carbonyl (C=O) groups is 2. The second-order valence-electron chi connectivity index (χ2n) is 16.8. The second kappa shape index (κ2) is 12.3. The van der Waals surface area contributed by atoms with E-state index in [0.717, 1.165) is 58.2 Å². The maximum atomic E-state index is 13.7. The molecule has 44 heavy (non-hydrogen) atoms. The van der Waals surface area contributed by atoms with Gasteiger partial charge in [-0.05, 0) is 117 Å². The first kappa shape index (κ1) is 31.2. The minimum absolute atomic E-state index is 0.0564. The Kier molecular flexibility index (Phi) is 8.75. The number of fused-ring (bicyclic) bond motifs is 5. The molecule has 8 heteroatoms. The van der Waals surface area contributed by atoms with Crippen molar-refractivity contribution in [1.29, 1.82) is 0 Å². The number of aliphatic hydroxyl groups is 2. The molecule has 0 aromatic heterocycles. The molecule has 248 valence electrons. The van der Waals surface area contributed by atoms with Crippen molar-refractivity contribution in [2.75, 3.05) is 39.3 Å². The lowest BCUT2D eigenvalue weighted by Crippen LogP contribution is -2.63. The van der Waals surface area contributed by atoms with Gasteiger partial charge in [-0.15, -0.1) is 0 Å². The lowest BCUT2D eigenvalue weighted by molar-refractivity contribution is -0.157. The fourth-order valence-electron chi connectivity index (χ4n) is 12.1. The zero-order chi connectivity index (χ0) is 30.6. The van der Waals surface area contributed by atoms with Gasteiger partial charge in [0.05, 0.1) is 12.2 Å². The molecule has 7 fully saturated rings. The van der Waals surface area contributed by atoms with Gasteiger partial charge in [-0.2, -0.15) is 0 Å². The molecule has 5 saturated carbocycles. The average molecular weight is 613 g/mol. The summed E-state index contributed by atoms with van der Waals surface area (Å²) in [6.07, 6.45) is 16.4. The first-order valence-electron chi connectivity index (χ1n) is 18.6. The van der Waals surface area contributed by atoms with Gasteiger partial charge in [-0.1, -0.05) is 33.1 Å². The first-order valence-corrected chi connectivity index (χ1v) is 18.6. The summed E-state index contributed by atoms with van der Waals surface area (Å²) in [4.78, 5) is 33.1. The van der Waals surface area contributed by atoms with Crippen LogP contribution in [-0.2, 0) is 4.79 Å². The van der Waals surface area contributed by atoms with Gasteiger partial charge in [0.1, 0.15) is 6.04 Å². The predicted molar refractivity (Wildman–Crippen MR) is 171 cm³/mol. The molecule has 4 unspecified atom stereocenters. The maximum absolute atomic E-state index is 13.7. The standard InChI is InChI=1S/C36H60N4O4/c1-35-15-14-28-26(27(35)12-13-32(35)42)11-10-25-21-31(41)30(22-36(25,28)2)38-17-19-39(20-18-38)33(43)29-9-6-16-40(29)34(44)37-23-24-7-4-3-5-8-24/h24-32,41-42H,3-23H2,1-2H3,(H,37,44)/t25?,26-,27-,28+,29-,30?,31?,32?,35-,36-/m0/s1. The van der Waals surface area contributed by atoms with Crippen LogP contribution in [0.5, 0.6) is 0 Å². The number of urea groups is 1. The zero-order valence-corrected chi connectivity index (χ0v) is 27.6. The third kappa shape index (κ3) is 5.40. The van der Waals surface area contributed by atoms with Crippen LogP contribution in [0.3, 0.4) is 0 Å². The molecule has 2 aliphatic heterocycles. The number of rotatable bonds is 4. The third-order valence-corrected chi connectivity index (χ3v) is 14.8. The van der Waals surface area contributed by atoms with Crippen LogP contribution in [0.15, 0.2) is 0 Å².